The van der Waals surface area contributed by atoms with Crippen LogP contribution in [0.25, 0.3) is 0 Å². The Labute approximate surface area is 117 Å². The van der Waals surface area contributed by atoms with Crippen LogP contribution in [0.3, 0.4) is 0 Å². The van der Waals surface area contributed by atoms with Gasteiger partial charge in [-0.1, -0.05) is 18.2 Å². The van der Waals surface area contributed by atoms with Crippen LogP contribution in [-0.2, 0) is 16.6 Å². The Morgan fingerprint density at radius 2 is 1.80 bits per heavy atom. The summed E-state index contributed by atoms with van der Waals surface area (Å²) >= 11 is 0. The molecule has 0 bridgehead atoms. The number of hydrogen-bond acceptors (Lipinski definition) is 4. The number of nitrogens with one attached hydrogen (secondary N) is 1. The molecule has 0 saturated heterocycles. The Kier molecular flexibility index (Phi) is 3.11. The van der Waals surface area contributed by atoms with Gasteiger partial charge in [-0.2, -0.15) is 0 Å². The molecule has 0 aromatic heterocycles. The third-order valence-electron chi connectivity index (χ3n) is 3.21. The Hall–Kier alpha value is -2.05. The molecule has 104 valence electrons. The number of sulfonamides is 1. The molecule has 0 radical (unpaired) electrons. The minimum atomic E-state index is -3.51. The van der Waals surface area contributed by atoms with Gasteiger partial charge in [0.25, 0.3) is 10.0 Å². The molecule has 0 spiro atoms. The van der Waals surface area contributed by atoms with Crippen LogP contribution in [0.1, 0.15) is 5.56 Å². The molecule has 6 heteroatoms. The first kappa shape index (κ1) is 13.0. The van der Waals surface area contributed by atoms with Gasteiger partial charge < -0.3 is 4.74 Å². The highest BCUT2D eigenvalue weighted by atomic mass is 32.2. The highest BCUT2D eigenvalue weighted by Crippen LogP contribution is 2.26. The first-order chi connectivity index (χ1) is 9.60. The number of hydrogen-bond donors (Lipinski definition) is 1. The van der Waals surface area contributed by atoms with Crippen LogP contribution in [0.4, 0.5) is 5.69 Å². The van der Waals surface area contributed by atoms with Gasteiger partial charge in [-0.3, -0.25) is 5.01 Å². The van der Waals surface area contributed by atoms with E-state index in [1.807, 2.05) is 24.3 Å². The molecule has 5 nitrogen and oxygen atoms in total. The van der Waals surface area contributed by atoms with Crippen molar-refractivity contribution in [2.75, 3.05) is 12.1 Å². The lowest BCUT2D eigenvalue weighted by molar-refractivity contribution is 0.415. The second kappa shape index (κ2) is 4.81. The fraction of sp³-hybridized carbons (Fsp3) is 0.143. The summed E-state index contributed by atoms with van der Waals surface area (Å²) in [6.45, 7) is 0.488. The van der Waals surface area contributed by atoms with Gasteiger partial charge in [0.1, 0.15) is 5.75 Å². The number of hydrazine groups is 1. The van der Waals surface area contributed by atoms with E-state index in [4.69, 9.17) is 4.74 Å². The van der Waals surface area contributed by atoms with Crippen molar-refractivity contribution < 1.29 is 13.2 Å². The lowest BCUT2D eigenvalue weighted by atomic mass is 10.2. The van der Waals surface area contributed by atoms with Gasteiger partial charge in [-0.25, -0.2) is 8.42 Å². The van der Waals surface area contributed by atoms with Crippen molar-refractivity contribution in [1.29, 1.82) is 0 Å². The lowest BCUT2D eigenvalue weighted by Gasteiger charge is -2.30. The van der Waals surface area contributed by atoms with Crippen molar-refractivity contribution in [3.05, 3.63) is 54.1 Å². The van der Waals surface area contributed by atoms with Crippen molar-refractivity contribution in [1.82, 2.24) is 4.83 Å². The van der Waals surface area contributed by atoms with E-state index in [0.29, 0.717) is 11.4 Å². The number of nitrogens with zero attached hydrogens (tertiary/aromatic N) is 1. The quantitative estimate of drug-likeness (QED) is 0.918. The third-order valence-corrected chi connectivity index (χ3v) is 4.64. The second-order valence-electron chi connectivity index (χ2n) is 4.49. The molecule has 2 aromatic rings. The number of anilines is 1. The predicted molar refractivity (Wildman–Crippen MR) is 75.9 cm³/mol. The maximum atomic E-state index is 12.2. The van der Waals surface area contributed by atoms with E-state index in [9.17, 15) is 8.42 Å². The van der Waals surface area contributed by atoms with E-state index >= 15 is 0 Å². The van der Waals surface area contributed by atoms with E-state index in [1.54, 1.807) is 36.4 Å². The molecule has 1 aliphatic rings. The fourth-order valence-electron chi connectivity index (χ4n) is 2.20. The zero-order valence-electron chi connectivity index (χ0n) is 10.9. The van der Waals surface area contributed by atoms with Crippen LogP contribution < -0.4 is 14.6 Å². The van der Waals surface area contributed by atoms with Crippen LogP contribution in [0.5, 0.6) is 5.75 Å². The number of methoxy groups -OCH3 is 1. The summed E-state index contributed by atoms with van der Waals surface area (Å²) < 4.78 is 29.5. The van der Waals surface area contributed by atoms with Crippen LogP contribution in [0.2, 0.25) is 0 Å². The van der Waals surface area contributed by atoms with Crippen LogP contribution in [-0.4, -0.2) is 15.5 Å². The molecular weight excluding hydrogens is 276 g/mol. The molecule has 1 N–H and O–H groups in total. The average Bonchev–Trinajstić information content (AvgIpc) is 2.47. The molecule has 0 aliphatic carbocycles. The molecule has 0 unspecified atom stereocenters. The molecule has 0 saturated carbocycles. The van der Waals surface area contributed by atoms with E-state index in [0.717, 1.165) is 17.0 Å². The Balaban J connectivity index is 1.98. The van der Waals surface area contributed by atoms with Gasteiger partial charge in [-0.15, -0.1) is 4.83 Å². The van der Waals surface area contributed by atoms with Gasteiger partial charge in [0.05, 0.1) is 24.2 Å². The Morgan fingerprint density at radius 1 is 1.10 bits per heavy atom. The van der Waals surface area contributed by atoms with Crippen molar-refractivity contribution in [3.8, 4) is 5.75 Å². The van der Waals surface area contributed by atoms with Crippen molar-refractivity contribution in [2.45, 2.75) is 11.4 Å². The molecule has 2 aromatic carbocycles. The Morgan fingerprint density at radius 3 is 2.50 bits per heavy atom. The van der Waals surface area contributed by atoms with E-state index in [2.05, 4.69) is 4.83 Å². The monoisotopic (exact) mass is 290 g/mol. The van der Waals surface area contributed by atoms with Gasteiger partial charge >= 0.3 is 0 Å². The summed E-state index contributed by atoms with van der Waals surface area (Å²) in [6.07, 6.45) is 0. The Bertz CT molecular complexity index is 726. The maximum Gasteiger partial charge on any atom is 0.257 e. The normalized spacial score (nSPS) is 16.6. The van der Waals surface area contributed by atoms with Crippen molar-refractivity contribution in [2.24, 2.45) is 0 Å². The number of fused-ring (bicyclic) bond motifs is 1. The second-order valence-corrected chi connectivity index (χ2v) is 6.12. The van der Waals surface area contributed by atoms with Crippen molar-refractivity contribution in [3.63, 3.8) is 0 Å². The zero-order chi connectivity index (χ0) is 14.2. The smallest absolute Gasteiger partial charge is 0.257 e. The summed E-state index contributed by atoms with van der Waals surface area (Å²) in [5, 5.41) is 1.61. The number of rotatable bonds is 2. The number of ether oxygens (including phenoxy) is 1. The molecule has 0 atom stereocenters. The third kappa shape index (κ3) is 2.23. The minimum absolute atomic E-state index is 0.338. The molecule has 0 fully saturated rings. The van der Waals surface area contributed by atoms with E-state index in [-0.39, 0.29) is 0 Å². The average molecular weight is 290 g/mol. The first-order valence-corrected chi connectivity index (χ1v) is 7.60. The van der Waals surface area contributed by atoms with Crippen LogP contribution in [0.15, 0.2) is 53.4 Å². The summed E-state index contributed by atoms with van der Waals surface area (Å²) in [5.41, 5.74) is 1.55. The van der Waals surface area contributed by atoms with E-state index in [1.165, 1.54) is 0 Å². The lowest BCUT2D eigenvalue weighted by Crippen LogP contribution is -2.45. The predicted octanol–water partition coefficient (Wildman–Crippen LogP) is 1.91. The molecule has 0 amide bonds. The zero-order valence-corrected chi connectivity index (χ0v) is 11.7. The largest absolute Gasteiger partial charge is 0.497 e. The SMILES string of the molecule is COc1ccc(N2Cc3ccccc3S(=O)(=O)N2)cc1. The number of benzene rings is 2. The summed E-state index contributed by atoms with van der Waals surface area (Å²) in [5.74, 6) is 0.731. The van der Waals surface area contributed by atoms with Crippen LogP contribution >= 0.6 is 0 Å². The summed E-state index contributed by atoms with van der Waals surface area (Å²) in [4.78, 5) is 2.91. The molecule has 1 heterocycles. The van der Waals surface area contributed by atoms with Gasteiger partial charge in [0, 0.05) is 0 Å². The van der Waals surface area contributed by atoms with E-state index < -0.39 is 10.0 Å². The molecular formula is C14H14N2O3S. The molecule has 1 aliphatic heterocycles. The summed E-state index contributed by atoms with van der Waals surface area (Å²) in [6, 6.07) is 14.2. The molecule has 3 rings (SSSR count). The van der Waals surface area contributed by atoms with Crippen LogP contribution in [0, 0.1) is 0 Å². The highest BCUT2D eigenvalue weighted by Gasteiger charge is 2.27. The topological polar surface area (TPSA) is 58.6 Å². The van der Waals surface area contributed by atoms with Crippen molar-refractivity contribution >= 4 is 15.7 Å². The first-order valence-electron chi connectivity index (χ1n) is 6.12. The fourth-order valence-corrected chi connectivity index (χ4v) is 3.49. The highest BCUT2D eigenvalue weighted by molar-refractivity contribution is 7.89. The molecule has 20 heavy (non-hydrogen) atoms. The minimum Gasteiger partial charge on any atom is -0.497 e. The van der Waals surface area contributed by atoms with Gasteiger partial charge in [-0.05, 0) is 35.9 Å². The van der Waals surface area contributed by atoms with Gasteiger partial charge in [0.2, 0.25) is 0 Å². The summed E-state index contributed by atoms with van der Waals surface area (Å²) in [7, 11) is -1.92. The van der Waals surface area contributed by atoms with Gasteiger partial charge in [0.15, 0.2) is 0 Å². The standard InChI is InChI=1S/C14H14N2O3S/c1-19-13-8-6-12(7-9-13)16-10-11-4-2-3-5-14(11)20(17,18)15-16/h2-9,15H,10H2,1H3. The maximum absolute atomic E-state index is 12.2.